The van der Waals surface area contributed by atoms with Crippen LogP contribution in [0.25, 0.3) is 0 Å². The first-order valence-corrected chi connectivity index (χ1v) is 2.72. The van der Waals surface area contributed by atoms with E-state index in [9.17, 15) is 4.79 Å². The van der Waals surface area contributed by atoms with Gasteiger partial charge in [-0.25, -0.2) is 0 Å². The van der Waals surface area contributed by atoms with Crippen LogP contribution < -0.4 is 0 Å². The van der Waals surface area contributed by atoms with Crippen molar-refractivity contribution in [2.75, 3.05) is 7.11 Å². The molecule has 54 valence electrons. The van der Waals surface area contributed by atoms with E-state index in [0.29, 0.717) is 0 Å². The van der Waals surface area contributed by atoms with Crippen LogP contribution in [0.4, 0.5) is 0 Å². The lowest BCUT2D eigenvalue weighted by atomic mass is 10.6. The van der Waals surface area contributed by atoms with Gasteiger partial charge in [0.2, 0.25) is 0 Å². The molecule has 0 bridgehead atoms. The third kappa shape index (κ3) is 1.54. The maximum Gasteiger partial charge on any atom is 0.325 e. The third-order valence-electron chi connectivity index (χ3n) is 1.01. The van der Waals surface area contributed by atoms with Crippen LogP contribution in [0.3, 0.4) is 0 Å². The van der Waals surface area contributed by atoms with Crippen LogP contribution in [0.15, 0.2) is 12.7 Å². The molecule has 1 rings (SSSR count). The fourth-order valence-corrected chi connectivity index (χ4v) is 0.517. The Balaban J connectivity index is 2.48. The smallest absolute Gasteiger partial charge is 0.325 e. The minimum atomic E-state index is -0.306. The van der Waals surface area contributed by atoms with Crippen LogP contribution in [0, 0.1) is 0 Å². The quantitative estimate of drug-likeness (QED) is 0.518. The number of carbonyl (C=O) groups excluding carboxylic acids is 1. The van der Waals surface area contributed by atoms with Crippen molar-refractivity contribution in [3.05, 3.63) is 12.7 Å². The third-order valence-corrected chi connectivity index (χ3v) is 1.01. The van der Waals surface area contributed by atoms with Gasteiger partial charge in [-0.05, 0) is 0 Å². The summed E-state index contributed by atoms with van der Waals surface area (Å²) in [5, 5.41) is 7.03. The van der Waals surface area contributed by atoms with Gasteiger partial charge in [-0.2, -0.15) is 0 Å². The standard InChI is InChI=1S/C5H7N3O2/c1-10-5(9)2-8-3-6-7-4-8/h3-4H,2H2,1H3. The molecule has 0 saturated heterocycles. The molecule has 1 aromatic heterocycles. The lowest BCUT2D eigenvalue weighted by molar-refractivity contribution is -0.141. The van der Waals surface area contributed by atoms with Crippen LogP contribution in [0.2, 0.25) is 0 Å². The molecular weight excluding hydrogens is 134 g/mol. The number of methoxy groups -OCH3 is 1. The maximum atomic E-state index is 10.6. The minimum Gasteiger partial charge on any atom is -0.468 e. The minimum absolute atomic E-state index is 0.170. The summed E-state index contributed by atoms with van der Waals surface area (Å²) in [5.74, 6) is -0.306. The number of esters is 1. The Morgan fingerprint density at radius 1 is 1.60 bits per heavy atom. The predicted molar refractivity (Wildman–Crippen MR) is 32.0 cm³/mol. The Morgan fingerprint density at radius 2 is 2.20 bits per heavy atom. The van der Waals surface area contributed by atoms with E-state index >= 15 is 0 Å². The average molecular weight is 141 g/mol. The summed E-state index contributed by atoms with van der Waals surface area (Å²) in [4.78, 5) is 10.6. The normalized spacial score (nSPS) is 9.30. The molecule has 0 radical (unpaired) electrons. The van der Waals surface area contributed by atoms with Gasteiger partial charge in [0.25, 0.3) is 0 Å². The summed E-state index contributed by atoms with van der Waals surface area (Å²) in [5.41, 5.74) is 0. The zero-order chi connectivity index (χ0) is 7.40. The highest BCUT2D eigenvalue weighted by Crippen LogP contribution is 1.83. The van der Waals surface area contributed by atoms with Crippen molar-refractivity contribution < 1.29 is 9.53 Å². The highest BCUT2D eigenvalue weighted by atomic mass is 16.5. The first kappa shape index (κ1) is 6.73. The molecule has 10 heavy (non-hydrogen) atoms. The Hall–Kier alpha value is -1.39. The van der Waals surface area contributed by atoms with Gasteiger partial charge in [-0.15, -0.1) is 10.2 Å². The molecule has 5 heteroatoms. The summed E-state index contributed by atoms with van der Waals surface area (Å²) in [6, 6.07) is 0. The largest absolute Gasteiger partial charge is 0.468 e. The molecule has 5 nitrogen and oxygen atoms in total. The van der Waals surface area contributed by atoms with Crippen molar-refractivity contribution in [2.24, 2.45) is 0 Å². The van der Waals surface area contributed by atoms with E-state index < -0.39 is 0 Å². The SMILES string of the molecule is COC(=O)Cn1cnnc1. The number of aromatic nitrogens is 3. The van der Waals surface area contributed by atoms with E-state index in [4.69, 9.17) is 0 Å². The Morgan fingerprint density at radius 3 is 2.70 bits per heavy atom. The van der Waals surface area contributed by atoms with Gasteiger partial charge in [0, 0.05) is 0 Å². The molecule has 1 aromatic rings. The number of nitrogens with zero attached hydrogens (tertiary/aromatic N) is 3. The second-order valence-corrected chi connectivity index (χ2v) is 1.71. The summed E-state index contributed by atoms with van der Waals surface area (Å²) < 4.78 is 5.94. The fourth-order valence-electron chi connectivity index (χ4n) is 0.517. The van der Waals surface area contributed by atoms with Crippen molar-refractivity contribution in [2.45, 2.75) is 6.54 Å². The van der Waals surface area contributed by atoms with Gasteiger partial charge < -0.3 is 9.30 Å². The molecule has 0 aromatic carbocycles. The number of ether oxygens (including phenoxy) is 1. The summed E-state index contributed by atoms with van der Waals surface area (Å²) in [7, 11) is 1.34. The van der Waals surface area contributed by atoms with E-state index in [-0.39, 0.29) is 12.5 Å². The number of carbonyl (C=O) groups is 1. The van der Waals surface area contributed by atoms with Gasteiger partial charge >= 0.3 is 5.97 Å². The Labute approximate surface area is 57.6 Å². The van der Waals surface area contributed by atoms with E-state index in [0.717, 1.165) is 0 Å². The molecule has 0 unspecified atom stereocenters. The summed E-state index contributed by atoms with van der Waals surface area (Å²) in [6.07, 6.45) is 2.91. The molecular formula is C5H7N3O2. The molecule has 0 spiro atoms. The number of rotatable bonds is 2. The van der Waals surface area contributed by atoms with E-state index in [1.54, 1.807) is 0 Å². The van der Waals surface area contributed by atoms with Crippen molar-refractivity contribution >= 4 is 5.97 Å². The van der Waals surface area contributed by atoms with Crippen molar-refractivity contribution in [3.8, 4) is 0 Å². The second kappa shape index (κ2) is 2.95. The van der Waals surface area contributed by atoms with Crippen molar-refractivity contribution in [3.63, 3.8) is 0 Å². The van der Waals surface area contributed by atoms with E-state index in [1.807, 2.05) is 0 Å². The molecule has 0 aliphatic rings. The van der Waals surface area contributed by atoms with Crippen LogP contribution in [-0.2, 0) is 16.1 Å². The maximum absolute atomic E-state index is 10.6. The van der Waals surface area contributed by atoms with Crippen molar-refractivity contribution in [1.82, 2.24) is 14.8 Å². The molecule has 0 aliphatic carbocycles. The average Bonchev–Trinajstić information content (AvgIpc) is 2.40. The Kier molecular flexibility index (Phi) is 1.99. The highest BCUT2D eigenvalue weighted by Gasteiger charge is 1.99. The number of hydrogen-bond acceptors (Lipinski definition) is 4. The first-order valence-electron chi connectivity index (χ1n) is 2.72. The fraction of sp³-hybridized carbons (Fsp3) is 0.400. The lowest BCUT2D eigenvalue weighted by Crippen LogP contribution is -2.09. The van der Waals surface area contributed by atoms with Crippen LogP contribution >= 0.6 is 0 Å². The van der Waals surface area contributed by atoms with Gasteiger partial charge in [-0.3, -0.25) is 4.79 Å². The monoisotopic (exact) mass is 141 g/mol. The van der Waals surface area contributed by atoms with Crippen LogP contribution in [0.5, 0.6) is 0 Å². The molecule has 0 N–H and O–H groups in total. The zero-order valence-corrected chi connectivity index (χ0v) is 5.52. The molecule has 1 heterocycles. The van der Waals surface area contributed by atoms with Crippen LogP contribution in [-0.4, -0.2) is 27.8 Å². The molecule has 0 amide bonds. The predicted octanol–water partition coefficient (Wildman–Crippen LogP) is -0.549. The lowest BCUT2D eigenvalue weighted by Gasteiger charge is -1.96. The van der Waals surface area contributed by atoms with Crippen molar-refractivity contribution in [1.29, 1.82) is 0 Å². The molecule has 0 fully saturated rings. The van der Waals surface area contributed by atoms with Gasteiger partial charge in [-0.1, -0.05) is 0 Å². The van der Waals surface area contributed by atoms with Gasteiger partial charge in [0.05, 0.1) is 7.11 Å². The van der Waals surface area contributed by atoms with Gasteiger partial charge in [0.15, 0.2) is 0 Å². The molecule has 0 atom stereocenters. The summed E-state index contributed by atoms with van der Waals surface area (Å²) >= 11 is 0. The molecule has 0 saturated carbocycles. The van der Waals surface area contributed by atoms with E-state index in [2.05, 4.69) is 14.9 Å². The van der Waals surface area contributed by atoms with E-state index in [1.165, 1.54) is 24.3 Å². The van der Waals surface area contributed by atoms with Crippen LogP contribution in [0.1, 0.15) is 0 Å². The Bertz CT molecular complexity index is 207. The zero-order valence-electron chi connectivity index (χ0n) is 5.52. The molecule has 0 aliphatic heterocycles. The first-order chi connectivity index (χ1) is 4.83. The number of hydrogen-bond donors (Lipinski definition) is 0. The second-order valence-electron chi connectivity index (χ2n) is 1.71. The topological polar surface area (TPSA) is 57.0 Å². The van der Waals surface area contributed by atoms with Gasteiger partial charge in [0.1, 0.15) is 19.2 Å². The summed E-state index contributed by atoms with van der Waals surface area (Å²) in [6.45, 7) is 0.170. The highest BCUT2D eigenvalue weighted by molar-refractivity contribution is 5.68.